The lowest BCUT2D eigenvalue weighted by Gasteiger charge is -2.53. The van der Waals surface area contributed by atoms with Gasteiger partial charge in [-0.1, -0.05) is 0 Å². The molecule has 4 aliphatic carbocycles. The predicted molar refractivity (Wildman–Crippen MR) is 45.9 cm³/mol. The molecule has 4 rings (SSSR count). The molecule has 0 aromatic heterocycles. The Morgan fingerprint density at radius 3 is 2.71 bits per heavy atom. The van der Waals surface area contributed by atoms with E-state index in [1.54, 1.807) is 0 Å². The van der Waals surface area contributed by atoms with Crippen molar-refractivity contribution in [3.05, 3.63) is 0 Å². The Bertz CT molecular complexity index is 310. The Kier molecular flexibility index (Phi) is 1.56. The minimum absolute atomic E-state index is 0.188. The van der Waals surface area contributed by atoms with Crippen LogP contribution in [0.1, 0.15) is 25.7 Å². The van der Waals surface area contributed by atoms with Crippen LogP contribution in [0, 0.1) is 29.6 Å². The summed E-state index contributed by atoms with van der Waals surface area (Å²) in [6.07, 6.45) is 3.65. The molecule has 0 aromatic rings. The Labute approximate surface area is 82.5 Å². The van der Waals surface area contributed by atoms with Crippen LogP contribution in [0.25, 0.3) is 0 Å². The highest BCUT2D eigenvalue weighted by Crippen LogP contribution is 2.54. The molecular weight excluding hydrogens is 180 g/mol. The first-order chi connectivity index (χ1) is 6.66. The first-order valence-corrected chi connectivity index (χ1v) is 5.41. The molecule has 0 amide bonds. The average molecular weight is 193 g/mol. The molecule has 0 aliphatic heterocycles. The molecule has 0 unspecified atom stereocenters. The van der Waals surface area contributed by atoms with Crippen molar-refractivity contribution in [1.29, 1.82) is 0 Å². The molecule has 5 atom stereocenters. The van der Waals surface area contributed by atoms with E-state index in [9.17, 15) is 14.7 Å². The van der Waals surface area contributed by atoms with Crippen LogP contribution in [0.4, 0.5) is 0 Å². The maximum Gasteiger partial charge on any atom is 0.139 e. The lowest BCUT2D eigenvalue weighted by atomic mass is 9.51. The predicted octanol–water partition coefficient (Wildman–Crippen LogP) is -0.0124. The smallest absolute Gasteiger partial charge is 0.139 e. The fourth-order valence-electron chi connectivity index (χ4n) is 3.99. The highest BCUT2D eigenvalue weighted by molar-refractivity contribution is 5.90. The monoisotopic (exact) mass is 193 g/mol. The molecule has 4 fully saturated rings. The third-order valence-corrected chi connectivity index (χ3v) is 4.41. The summed E-state index contributed by atoms with van der Waals surface area (Å²) < 4.78 is 0. The van der Waals surface area contributed by atoms with Gasteiger partial charge in [0.25, 0.3) is 0 Å². The van der Waals surface area contributed by atoms with Crippen molar-refractivity contribution >= 4 is 11.8 Å². The maximum absolute atomic E-state index is 11.8. The summed E-state index contributed by atoms with van der Waals surface area (Å²) in [5.41, 5.74) is 0. The molecule has 76 valence electrons. The number of hydrogen-bond donors (Lipinski definition) is 0. The van der Waals surface area contributed by atoms with Gasteiger partial charge in [0.2, 0.25) is 0 Å². The fourth-order valence-corrected chi connectivity index (χ4v) is 3.99. The zero-order valence-corrected chi connectivity index (χ0v) is 7.94. The second-order valence-corrected chi connectivity index (χ2v) is 5.12. The van der Waals surface area contributed by atoms with Crippen LogP contribution in [-0.4, -0.2) is 11.8 Å². The second kappa shape index (κ2) is 2.59. The van der Waals surface area contributed by atoms with Crippen LogP contribution in [0.3, 0.4) is 0 Å². The highest BCUT2D eigenvalue weighted by Gasteiger charge is 2.53. The number of carboxylic acid groups (broad SMARTS) is 1. The summed E-state index contributed by atoms with van der Waals surface area (Å²) in [5.74, 6) is -0.393. The molecule has 0 aromatic carbocycles. The van der Waals surface area contributed by atoms with Crippen LogP contribution in [-0.2, 0) is 9.59 Å². The molecule has 0 spiro atoms. The minimum Gasteiger partial charge on any atom is -0.550 e. The van der Waals surface area contributed by atoms with E-state index in [0.717, 1.165) is 25.7 Å². The van der Waals surface area contributed by atoms with E-state index in [-0.39, 0.29) is 23.5 Å². The molecule has 4 bridgehead atoms. The molecule has 4 aliphatic rings. The van der Waals surface area contributed by atoms with E-state index in [1.165, 1.54) is 0 Å². The van der Waals surface area contributed by atoms with E-state index in [4.69, 9.17) is 0 Å². The van der Waals surface area contributed by atoms with Crippen LogP contribution in [0.2, 0.25) is 0 Å². The van der Waals surface area contributed by atoms with Gasteiger partial charge in [0, 0.05) is 23.7 Å². The van der Waals surface area contributed by atoms with Gasteiger partial charge in [-0.15, -0.1) is 0 Å². The molecular formula is C11H13O3-. The van der Waals surface area contributed by atoms with Gasteiger partial charge >= 0.3 is 0 Å². The zero-order chi connectivity index (χ0) is 9.87. The van der Waals surface area contributed by atoms with Crippen LogP contribution in [0.15, 0.2) is 0 Å². The normalized spacial score (nSPS) is 49.7. The van der Waals surface area contributed by atoms with Crippen molar-refractivity contribution in [3.63, 3.8) is 0 Å². The van der Waals surface area contributed by atoms with E-state index < -0.39 is 11.9 Å². The molecule has 0 radical (unpaired) electrons. The van der Waals surface area contributed by atoms with E-state index in [1.807, 2.05) is 0 Å². The number of rotatable bonds is 1. The number of hydrogen-bond acceptors (Lipinski definition) is 3. The standard InChI is InChI=1S/C11H14O3/c12-10-7-2-5-1-6(4-7)9(11(13)14)8(10)3-5/h5-9H,1-4H2,(H,13,14)/p-1/t5-,6+,7-,8+,9+/m0/s1. The molecule has 0 heterocycles. The number of aliphatic carboxylic acids is 1. The number of ketones is 1. The molecule has 0 N–H and O–H groups in total. The minimum atomic E-state index is -0.993. The Balaban J connectivity index is 1.97. The lowest BCUT2D eigenvalue weighted by Crippen LogP contribution is -2.56. The number of carbonyl (C=O) groups is 2. The largest absolute Gasteiger partial charge is 0.550 e. The SMILES string of the molecule is O=C([O-])[C@@H]1[C@@H]2C[C@H]3C[C@@H](C2)C(=O)[C@@H]1C3. The number of Topliss-reactive ketones (excluding diaryl/α,β-unsaturated/α-hetero) is 1. The summed E-state index contributed by atoms with van der Waals surface area (Å²) in [5, 5.41) is 11.0. The first-order valence-electron chi connectivity index (χ1n) is 5.41. The third-order valence-electron chi connectivity index (χ3n) is 4.41. The Hall–Kier alpha value is -0.860. The van der Waals surface area contributed by atoms with Crippen molar-refractivity contribution in [1.82, 2.24) is 0 Å². The van der Waals surface area contributed by atoms with E-state index in [2.05, 4.69) is 0 Å². The van der Waals surface area contributed by atoms with Gasteiger partial charge in [0.15, 0.2) is 0 Å². The molecule has 3 heteroatoms. The summed E-state index contributed by atoms with van der Waals surface area (Å²) >= 11 is 0. The van der Waals surface area contributed by atoms with Gasteiger partial charge in [0.05, 0.1) is 0 Å². The first kappa shape index (κ1) is 8.45. The van der Waals surface area contributed by atoms with Gasteiger partial charge in [-0.05, 0) is 37.5 Å². The average Bonchev–Trinajstić information content (AvgIpc) is 2.12. The fraction of sp³-hybridized carbons (Fsp3) is 0.818. The van der Waals surface area contributed by atoms with Gasteiger partial charge in [-0.3, -0.25) is 4.79 Å². The maximum atomic E-state index is 11.8. The lowest BCUT2D eigenvalue weighted by molar-refractivity contribution is -0.318. The molecule has 0 saturated heterocycles. The summed E-state index contributed by atoms with van der Waals surface area (Å²) in [6.45, 7) is 0. The topological polar surface area (TPSA) is 57.2 Å². The Morgan fingerprint density at radius 2 is 2.00 bits per heavy atom. The van der Waals surface area contributed by atoms with Crippen molar-refractivity contribution in [2.45, 2.75) is 25.7 Å². The second-order valence-electron chi connectivity index (χ2n) is 5.12. The summed E-state index contributed by atoms with van der Waals surface area (Å²) in [4.78, 5) is 22.8. The van der Waals surface area contributed by atoms with Crippen molar-refractivity contribution in [2.75, 3.05) is 0 Å². The quantitative estimate of drug-likeness (QED) is 0.588. The van der Waals surface area contributed by atoms with Gasteiger partial charge in [0.1, 0.15) is 5.78 Å². The van der Waals surface area contributed by atoms with Crippen LogP contribution < -0.4 is 5.11 Å². The van der Waals surface area contributed by atoms with Gasteiger partial charge in [-0.25, -0.2) is 0 Å². The van der Waals surface area contributed by atoms with Crippen molar-refractivity contribution in [3.8, 4) is 0 Å². The third kappa shape index (κ3) is 0.928. The van der Waals surface area contributed by atoms with E-state index in [0.29, 0.717) is 5.92 Å². The molecule has 3 nitrogen and oxygen atoms in total. The van der Waals surface area contributed by atoms with Gasteiger partial charge < -0.3 is 9.90 Å². The number of carboxylic acids is 1. The van der Waals surface area contributed by atoms with Crippen molar-refractivity contribution < 1.29 is 14.7 Å². The Morgan fingerprint density at radius 1 is 1.21 bits per heavy atom. The molecule has 14 heavy (non-hydrogen) atoms. The van der Waals surface area contributed by atoms with Gasteiger partial charge in [-0.2, -0.15) is 0 Å². The number of carbonyl (C=O) groups excluding carboxylic acids is 2. The van der Waals surface area contributed by atoms with E-state index >= 15 is 0 Å². The summed E-state index contributed by atoms with van der Waals surface area (Å²) in [7, 11) is 0. The van der Waals surface area contributed by atoms with Crippen LogP contribution >= 0.6 is 0 Å². The highest BCUT2D eigenvalue weighted by atomic mass is 16.4. The summed E-state index contributed by atoms with van der Waals surface area (Å²) in [6, 6.07) is 0. The van der Waals surface area contributed by atoms with Crippen molar-refractivity contribution in [2.24, 2.45) is 29.6 Å². The zero-order valence-electron chi connectivity index (χ0n) is 7.94. The van der Waals surface area contributed by atoms with Crippen LogP contribution in [0.5, 0.6) is 0 Å². The molecule has 4 saturated carbocycles.